The number of sulfonamides is 1. The Kier molecular flexibility index (Phi) is 5.50. The lowest BCUT2D eigenvalue weighted by molar-refractivity contribution is -0.133. The van der Waals surface area contributed by atoms with Crippen molar-refractivity contribution in [3.8, 4) is 0 Å². The maximum absolute atomic E-state index is 13.6. The quantitative estimate of drug-likeness (QED) is 0.687. The lowest BCUT2D eigenvalue weighted by Crippen LogP contribution is -2.58. The molecule has 1 saturated heterocycles. The molecule has 0 atom stereocenters. The first-order valence-electron chi connectivity index (χ1n) is 8.13. The lowest BCUT2D eigenvalue weighted by Gasteiger charge is -2.38. The van der Waals surface area contributed by atoms with Crippen molar-refractivity contribution in [1.29, 1.82) is 0 Å². The van der Waals surface area contributed by atoms with E-state index in [9.17, 15) is 30.4 Å². The Hall–Kier alpha value is -2.37. The first-order valence-corrected chi connectivity index (χ1v) is 11.2. The number of carbonyl (C=O) groups is 1. The van der Waals surface area contributed by atoms with E-state index in [1.54, 1.807) is 0 Å². The zero-order valence-electron chi connectivity index (χ0n) is 14.4. The molecule has 7 nitrogen and oxygen atoms in total. The van der Waals surface area contributed by atoms with E-state index >= 15 is 0 Å². The second-order valence-electron chi connectivity index (χ2n) is 6.17. The molecule has 150 valence electrons. The van der Waals surface area contributed by atoms with E-state index in [-0.39, 0.29) is 18.0 Å². The fourth-order valence-corrected chi connectivity index (χ4v) is 5.37. The maximum atomic E-state index is 13.6. The van der Waals surface area contributed by atoms with Gasteiger partial charge in [-0.15, -0.1) is 0 Å². The van der Waals surface area contributed by atoms with Crippen LogP contribution in [0.5, 0.6) is 0 Å². The van der Waals surface area contributed by atoms with Crippen LogP contribution in [0.15, 0.2) is 58.3 Å². The van der Waals surface area contributed by atoms with Crippen LogP contribution >= 0.6 is 0 Å². The Morgan fingerprint density at radius 1 is 1.00 bits per heavy atom. The van der Waals surface area contributed by atoms with Crippen LogP contribution in [0, 0.1) is 11.6 Å². The van der Waals surface area contributed by atoms with Crippen LogP contribution in [0.1, 0.15) is 0 Å². The van der Waals surface area contributed by atoms with Crippen LogP contribution in [0.25, 0.3) is 0 Å². The van der Waals surface area contributed by atoms with Gasteiger partial charge in [-0.25, -0.2) is 30.3 Å². The second kappa shape index (κ2) is 7.57. The second-order valence-corrected chi connectivity index (χ2v) is 10.1. The van der Waals surface area contributed by atoms with E-state index in [1.165, 1.54) is 17.0 Å². The monoisotopic (exact) mass is 430 g/mol. The van der Waals surface area contributed by atoms with Gasteiger partial charge in [0, 0.05) is 13.1 Å². The Morgan fingerprint density at radius 2 is 1.61 bits per heavy atom. The van der Waals surface area contributed by atoms with E-state index in [4.69, 9.17) is 0 Å². The largest absolute Gasteiger partial charge is 0.339 e. The SMILES string of the molecule is O=C(CNS(=O)(=O)c1ccccc1F)N1CC(S(=O)(=O)c2ccc(F)cc2)C1. The lowest BCUT2D eigenvalue weighted by atomic mass is 10.2. The molecule has 0 radical (unpaired) electrons. The zero-order chi connectivity index (χ0) is 20.5. The number of halogens is 2. The predicted octanol–water partition coefficient (Wildman–Crippen LogP) is 0.928. The van der Waals surface area contributed by atoms with Crippen LogP contribution in [-0.2, 0) is 24.7 Å². The van der Waals surface area contributed by atoms with E-state index < -0.39 is 54.1 Å². The molecule has 3 rings (SSSR count). The summed E-state index contributed by atoms with van der Waals surface area (Å²) in [6.45, 7) is -0.847. The van der Waals surface area contributed by atoms with Gasteiger partial charge in [-0.2, -0.15) is 0 Å². The number of hydrogen-bond acceptors (Lipinski definition) is 5. The Morgan fingerprint density at radius 3 is 2.21 bits per heavy atom. The predicted molar refractivity (Wildman–Crippen MR) is 95.5 cm³/mol. The smallest absolute Gasteiger partial charge is 0.243 e. The Labute approximate surface area is 160 Å². The summed E-state index contributed by atoms with van der Waals surface area (Å²) < 4.78 is 77.5. The van der Waals surface area contributed by atoms with Crippen molar-refractivity contribution in [1.82, 2.24) is 9.62 Å². The molecular formula is C17H16F2N2O5S2. The summed E-state index contributed by atoms with van der Waals surface area (Å²) in [6.07, 6.45) is 0. The van der Waals surface area contributed by atoms with Gasteiger partial charge in [-0.05, 0) is 36.4 Å². The van der Waals surface area contributed by atoms with Crippen LogP contribution < -0.4 is 4.72 Å². The minimum atomic E-state index is -4.22. The fourth-order valence-electron chi connectivity index (χ4n) is 2.66. The summed E-state index contributed by atoms with van der Waals surface area (Å²) in [4.78, 5) is 12.6. The molecule has 0 spiro atoms. The molecule has 1 amide bonds. The first kappa shape index (κ1) is 20.4. The Bertz CT molecular complexity index is 1100. The van der Waals surface area contributed by atoms with Gasteiger partial charge in [0.25, 0.3) is 0 Å². The molecule has 11 heteroatoms. The number of sulfone groups is 1. The highest BCUT2D eigenvalue weighted by Gasteiger charge is 2.40. The van der Waals surface area contributed by atoms with E-state index in [1.807, 2.05) is 4.72 Å². The van der Waals surface area contributed by atoms with Crippen LogP contribution in [-0.4, -0.2) is 52.5 Å². The van der Waals surface area contributed by atoms with Crippen molar-refractivity contribution >= 4 is 25.8 Å². The molecule has 2 aromatic carbocycles. The van der Waals surface area contributed by atoms with Crippen molar-refractivity contribution in [2.45, 2.75) is 15.0 Å². The molecule has 1 N–H and O–H groups in total. The molecule has 2 aromatic rings. The van der Waals surface area contributed by atoms with Gasteiger partial charge >= 0.3 is 0 Å². The van der Waals surface area contributed by atoms with E-state index in [0.29, 0.717) is 0 Å². The van der Waals surface area contributed by atoms with Gasteiger partial charge in [-0.1, -0.05) is 12.1 Å². The molecule has 28 heavy (non-hydrogen) atoms. The summed E-state index contributed by atoms with van der Waals surface area (Å²) in [5, 5.41) is -0.856. The molecule has 1 heterocycles. The third kappa shape index (κ3) is 4.05. The van der Waals surface area contributed by atoms with E-state index in [2.05, 4.69) is 0 Å². The normalized spacial score (nSPS) is 15.3. The summed E-state index contributed by atoms with van der Waals surface area (Å²) in [7, 11) is -7.95. The average molecular weight is 430 g/mol. The van der Waals surface area contributed by atoms with Gasteiger partial charge in [0.05, 0.1) is 11.4 Å². The summed E-state index contributed by atoms with van der Waals surface area (Å²) in [5.74, 6) is -2.14. The van der Waals surface area contributed by atoms with Gasteiger partial charge < -0.3 is 4.90 Å². The summed E-state index contributed by atoms with van der Waals surface area (Å²) in [5.41, 5.74) is 0. The van der Waals surface area contributed by atoms with Crippen molar-refractivity contribution in [2.24, 2.45) is 0 Å². The highest BCUT2D eigenvalue weighted by Crippen LogP contribution is 2.24. The molecule has 1 aliphatic heterocycles. The molecule has 0 bridgehead atoms. The standard InChI is InChI=1S/C17H16F2N2O5S2/c18-12-5-7-13(8-6-12)27(23,24)14-10-21(11-14)17(22)9-20-28(25,26)16-4-2-1-3-15(16)19/h1-8,14,20H,9-11H2. The number of carbonyl (C=O) groups excluding carboxylic acids is 1. The van der Waals surface area contributed by atoms with Crippen molar-refractivity contribution in [3.05, 3.63) is 60.2 Å². The zero-order valence-corrected chi connectivity index (χ0v) is 16.0. The molecule has 1 aliphatic rings. The van der Waals surface area contributed by atoms with Gasteiger partial charge in [-0.3, -0.25) is 4.79 Å². The summed E-state index contributed by atoms with van der Waals surface area (Å²) >= 11 is 0. The third-order valence-electron chi connectivity index (χ3n) is 4.32. The summed E-state index contributed by atoms with van der Waals surface area (Å²) in [6, 6.07) is 9.10. The number of rotatable bonds is 6. The van der Waals surface area contributed by atoms with Crippen LogP contribution in [0.3, 0.4) is 0 Å². The van der Waals surface area contributed by atoms with Crippen molar-refractivity contribution < 1.29 is 30.4 Å². The number of nitrogens with one attached hydrogen (secondary N) is 1. The molecule has 0 aliphatic carbocycles. The van der Waals surface area contributed by atoms with Crippen LogP contribution in [0.4, 0.5) is 8.78 Å². The van der Waals surface area contributed by atoms with E-state index in [0.717, 1.165) is 36.4 Å². The molecule has 1 fully saturated rings. The van der Waals surface area contributed by atoms with Crippen molar-refractivity contribution in [3.63, 3.8) is 0 Å². The molecule has 0 saturated carbocycles. The fraction of sp³-hybridized carbons (Fsp3) is 0.235. The highest BCUT2D eigenvalue weighted by atomic mass is 32.2. The van der Waals surface area contributed by atoms with Gasteiger partial charge in [0.15, 0.2) is 9.84 Å². The number of amides is 1. The molecular weight excluding hydrogens is 414 g/mol. The minimum Gasteiger partial charge on any atom is -0.339 e. The number of nitrogens with zero attached hydrogens (tertiary/aromatic N) is 1. The third-order valence-corrected chi connectivity index (χ3v) is 7.86. The van der Waals surface area contributed by atoms with Crippen LogP contribution in [0.2, 0.25) is 0 Å². The number of likely N-dealkylation sites (tertiary alicyclic amines) is 1. The first-order chi connectivity index (χ1) is 13.1. The topological polar surface area (TPSA) is 101 Å². The number of hydrogen-bond donors (Lipinski definition) is 1. The van der Waals surface area contributed by atoms with Gasteiger partial charge in [0.1, 0.15) is 21.8 Å². The maximum Gasteiger partial charge on any atom is 0.243 e. The molecule has 0 aromatic heterocycles. The average Bonchev–Trinajstić information content (AvgIpc) is 2.59. The molecule has 0 unspecified atom stereocenters. The minimum absolute atomic E-state index is 0.0498. The highest BCUT2D eigenvalue weighted by molar-refractivity contribution is 7.92. The van der Waals surface area contributed by atoms with Gasteiger partial charge in [0.2, 0.25) is 15.9 Å². The number of benzene rings is 2. The Balaban J connectivity index is 1.58. The van der Waals surface area contributed by atoms with Crippen molar-refractivity contribution in [2.75, 3.05) is 19.6 Å².